The lowest BCUT2D eigenvalue weighted by molar-refractivity contribution is 1.02. The van der Waals surface area contributed by atoms with Crippen molar-refractivity contribution in [3.05, 3.63) is 16.1 Å². The number of aryl methyl sites for hydroxylation is 1. The molecule has 0 amide bonds. The van der Waals surface area contributed by atoms with Gasteiger partial charge in [-0.15, -0.1) is 11.3 Å². The molecule has 1 rings (SSSR count). The van der Waals surface area contributed by atoms with Crippen LogP contribution < -0.4 is 17.2 Å². The molecule has 1 heterocycles. The van der Waals surface area contributed by atoms with Gasteiger partial charge in [0.05, 0.1) is 6.54 Å². The summed E-state index contributed by atoms with van der Waals surface area (Å²) >= 11 is 1.61. The summed E-state index contributed by atoms with van der Waals surface area (Å²) in [5, 5.41) is 0.903. The van der Waals surface area contributed by atoms with E-state index in [0.29, 0.717) is 6.54 Å². The van der Waals surface area contributed by atoms with E-state index in [1.54, 1.807) is 11.3 Å². The molecule has 0 unspecified atom stereocenters. The van der Waals surface area contributed by atoms with Crippen LogP contribution in [-0.4, -0.2) is 16.9 Å². The Bertz CT molecular complexity index is 376. The fourth-order valence-electron chi connectivity index (χ4n) is 0.901. The lowest BCUT2D eigenvalue weighted by atomic mass is 10.4. The van der Waals surface area contributed by atoms with E-state index in [0.717, 1.165) is 11.4 Å². The molecule has 0 aromatic carbocycles. The highest BCUT2D eigenvalue weighted by molar-refractivity contribution is 7.11. The number of hydrogen-bond acceptors (Lipinski definition) is 3. The number of thiazole rings is 1. The summed E-state index contributed by atoms with van der Waals surface area (Å²) in [6.45, 7) is 2.49. The van der Waals surface area contributed by atoms with E-state index in [1.807, 2.05) is 6.20 Å². The summed E-state index contributed by atoms with van der Waals surface area (Å²) in [6, 6.07) is 0. The molecular formula is C8H14N6S. The second kappa shape index (κ2) is 5.30. The largest absolute Gasteiger partial charge is 0.370 e. The van der Waals surface area contributed by atoms with Crippen molar-refractivity contribution in [2.75, 3.05) is 0 Å². The van der Waals surface area contributed by atoms with Gasteiger partial charge >= 0.3 is 0 Å². The Morgan fingerprint density at radius 3 is 2.73 bits per heavy atom. The molecule has 6 N–H and O–H groups in total. The van der Waals surface area contributed by atoms with Crippen LogP contribution in [0.2, 0.25) is 0 Å². The van der Waals surface area contributed by atoms with Gasteiger partial charge in [0.1, 0.15) is 5.01 Å². The molecule has 0 spiro atoms. The van der Waals surface area contributed by atoms with Crippen LogP contribution in [0.3, 0.4) is 0 Å². The topological polar surface area (TPSA) is 116 Å². The molecule has 1 aromatic rings. The Labute approximate surface area is 91.9 Å². The van der Waals surface area contributed by atoms with E-state index in [1.165, 1.54) is 4.88 Å². The predicted molar refractivity (Wildman–Crippen MR) is 62.6 cm³/mol. The number of hydrogen-bond donors (Lipinski definition) is 3. The number of nitrogens with zero attached hydrogens (tertiary/aromatic N) is 3. The van der Waals surface area contributed by atoms with Crippen molar-refractivity contribution in [3.8, 4) is 0 Å². The maximum Gasteiger partial charge on any atom is 0.218 e. The minimum atomic E-state index is -0.0929. The Morgan fingerprint density at radius 1 is 1.47 bits per heavy atom. The summed E-state index contributed by atoms with van der Waals surface area (Å²) < 4.78 is 0. The second-order valence-corrected chi connectivity index (χ2v) is 3.98. The first-order valence-electron chi connectivity index (χ1n) is 4.45. The molecule has 0 aliphatic heterocycles. The molecule has 6 nitrogen and oxygen atoms in total. The monoisotopic (exact) mass is 226 g/mol. The molecule has 0 saturated carbocycles. The summed E-state index contributed by atoms with van der Waals surface area (Å²) in [5.41, 5.74) is 15.7. The molecule has 7 heteroatoms. The lowest BCUT2D eigenvalue weighted by Gasteiger charge is -1.93. The van der Waals surface area contributed by atoms with E-state index in [9.17, 15) is 0 Å². The number of rotatable bonds is 3. The quantitative estimate of drug-likeness (QED) is 0.488. The van der Waals surface area contributed by atoms with Crippen molar-refractivity contribution in [1.29, 1.82) is 0 Å². The van der Waals surface area contributed by atoms with Gasteiger partial charge < -0.3 is 17.2 Å². The number of nitrogens with two attached hydrogens (primary N) is 3. The van der Waals surface area contributed by atoms with Gasteiger partial charge in [-0.1, -0.05) is 6.92 Å². The third-order valence-corrected chi connectivity index (χ3v) is 2.70. The summed E-state index contributed by atoms with van der Waals surface area (Å²) in [4.78, 5) is 13.0. The minimum absolute atomic E-state index is 0.0725. The first kappa shape index (κ1) is 11.4. The highest BCUT2D eigenvalue weighted by Gasteiger charge is 1.99. The smallest absolute Gasteiger partial charge is 0.218 e. The lowest BCUT2D eigenvalue weighted by Crippen LogP contribution is -2.26. The van der Waals surface area contributed by atoms with Crippen LogP contribution in [0.5, 0.6) is 0 Å². The van der Waals surface area contributed by atoms with Crippen LogP contribution in [0.25, 0.3) is 0 Å². The van der Waals surface area contributed by atoms with E-state index < -0.39 is 0 Å². The molecule has 82 valence electrons. The molecule has 1 aromatic heterocycles. The summed E-state index contributed by atoms with van der Waals surface area (Å²) in [5.74, 6) is -0.0205. The Morgan fingerprint density at radius 2 is 2.20 bits per heavy atom. The van der Waals surface area contributed by atoms with Crippen molar-refractivity contribution in [2.24, 2.45) is 27.2 Å². The van der Waals surface area contributed by atoms with Crippen molar-refractivity contribution >= 4 is 23.3 Å². The van der Waals surface area contributed by atoms with Crippen LogP contribution >= 0.6 is 11.3 Å². The van der Waals surface area contributed by atoms with Gasteiger partial charge in [0.15, 0.2) is 5.96 Å². The van der Waals surface area contributed by atoms with Gasteiger partial charge in [-0.3, -0.25) is 0 Å². The maximum atomic E-state index is 5.44. The summed E-state index contributed by atoms with van der Waals surface area (Å²) in [7, 11) is 0. The zero-order chi connectivity index (χ0) is 11.3. The molecule has 15 heavy (non-hydrogen) atoms. The van der Waals surface area contributed by atoms with Crippen LogP contribution in [0.4, 0.5) is 0 Å². The molecule has 0 fully saturated rings. The zero-order valence-corrected chi connectivity index (χ0v) is 9.29. The number of guanidine groups is 2. The normalized spacial score (nSPS) is 11.4. The summed E-state index contributed by atoms with van der Waals surface area (Å²) in [6.07, 6.45) is 2.82. The van der Waals surface area contributed by atoms with Crippen molar-refractivity contribution in [3.63, 3.8) is 0 Å². The average Bonchev–Trinajstić information content (AvgIpc) is 2.61. The van der Waals surface area contributed by atoms with Gasteiger partial charge in [0.2, 0.25) is 5.96 Å². The fourth-order valence-corrected chi connectivity index (χ4v) is 1.69. The molecule has 0 bridgehead atoms. The number of aromatic nitrogens is 1. The molecule has 0 saturated heterocycles. The van der Waals surface area contributed by atoms with Gasteiger partial charge in [-0.05, 0) is 6.42 Å². The molecular weight excluding hydrogens is 212 g/mol. The highest BCUT2D eigenvalue weighted by atomic mass is 32.1. The van der Waals surface area contributed by atoms with Crippen LogP contribution in [0.15, 0.2) is 16.2 Å². The SMILES string of the molecule is CCc1cnc(CN=C(N)N=C(N)N)s1. The Balaban J connectivity index is 2.59. The van der Waals surface area contributed by atoms with Crippen molar-refractivity contribution in [1.82, 2.24) is 4.98 Å². The third-order valence-electron chi connectivity index (χ3n) is 1.57. The van der Waals surface area contributed by atoms with Gasteiger partial charge in [0.25, 0.3) is 0 Å². The molecule has 0 aliphatic rings. The molecule has 0 aliphatic carbocycles. The average molecular weight is 226 g/mol. The second-order valence-electron chi connectivity index (χ2n) is 2.78. The van der Waals surface area contributed by atoms with Crippen molar-refractivity contribution < 1.29 is 0 Å². The van der Waals surface area contributed by atoms with E-state index in [4.69, 9.17) is 17.2 Å². The van der Waals surface area contributed by atoms with E-state index in [2.05, 4.69) is 21.9 Å². The minimum Gasteiger partial charge on any atom is -0.370 e. The molecule has 0 radical (unpaired) electrons. The van der Waals surface area contributed by atoms with Crippen LogP contribution in [-0.2, 0) is 13.0 Å². The van der Waals surface area contributed by atoms with E-state index in [-0.39, 0.29) is 11.9 Å². The zero-order valence-electron chi connectivity index (χ0n) is 8.47. The third kappa shape index (κ3) is 3.94. The standard InChI is InChI=1S/C8H14N6S/c1-2-5-3-12-6(15-5)4-13-8(11)14-7(9)10/h3H,2,4H2,1H3,(H6,9,10,11,13,14). The number of aliphatic imine (C=N–C) groups is 2. The van der Waals surface area contributed by atoms with Gasteiger partial charge in [0, 0.05) is 11.1 Å². The Hall–Kier alpha value is -1.63. The van der Waals surface area contributed by atoms with Gasteiger partial charge in [-0.25, -0.2) is 9.98 Å². The maximum absolute atomic E-state index is 5.44. The van der Waals surface area contributed by atoms with Crippen LogP contribution in [0.1, 0.15) is 16.8 Å². The van der Waals surface area contributed by atoms with Crippen LogP contribution in [0, 0.1) is 0 Å². The highest BCUT2D eigenvalue weighted by Crippen LogP contribution is 2.13. The predicted octanol–water partition coefficient (Wildman–Crippen LogP) is -0.206. The first-order chi connectivity index (χ1) is 7.11. The van der Waals surface area contributed by atoms with E-state index >= 15 is 0 Å². The molecule has 0 atom stereocenters. The van der Waals surface area contributed by atoms with Crippen molar-refractivity contribution in [2.45, 2.75) is 19.9 Å². The fraction of sp³-hybridized carbons (Fsp3) is 0.375. The Kier molecular flexibility index (Phi) is 4.04. The first-order valence-corrected chi connectivity index (χ1v) is 5.26. The van der Waals surface area contributed by atoms with Gasteiger partial charge in [-0.2, -0.15) is 4.99 Å².